The van der Waals surface area contributed by atoms with Crippen LogP contribution < -0.4 is 11.1 Å². The largest absolute Gasteiger partial charge is 0.362 e. The summed E-state index contributed by atoms with van der Waals surface area (Å²) in [5, 5.41) is 6.89. The number of nitrogens with two attached hydrogens (primary N) is 1. The second kappa shape index (κ2) is 6.26. The fraction of sp³-hybridized carbons (Fsp3) is 0.100. The van der Waals surface area contributed by atoms with Crippen LogP contribution in [0.3, 0.4) is 0 Å². The van der Waals surface area contributed by atoms with Crippen molar-refractivity contribution >= 4 is 27.6 Å². The van der Waals surface area contributed by atoms with Gasteiger partial charge in [-0.15, -0.1) is 0 Å². The summed E-state index contributed by atoms with van der Waals surface area (Å²) in [6.07, 6.45) is 1.75. The number of aromatic nitrogens is 2. The highest BCUT2D eigenvalue weighted by molar-refractivity contribution is 5.83. The Balaban J connectivity index is 1.66. The average Bonchev–Trinajstić information content (AvgIpc) is 2.65. The lowest BCUT2D eigenvalue weighted by Gasteiger charge is -2.18. The van der Waals surface area contributed by atoms with Crippen LogP contribution in [0.25, 0.3) is 21.8 Å². The van der Waals surface area contributed by atoms with E-state index in [-0.39, 0.29) is 6.04 Å². The summed E-state index contributed by atoms with van der Waals surface area (Å²) in [6, 6.07) is 22.7. The summed E-state index contributed by atoms with van der Waals surface area (Å²) in [6.45, 7) is 0.486. The highest BCUT2D eigenvalue weighted by atomic mass is 15.0. The molecule has 4 nitrogen and oxygen atoms in total. The van der Waals surface area contributed by atoms with Gasteiger partial charge in [0.2, 0.25) is 0 Å². The van der Waals surface area contributed by atoms with Gasteiger partial charge in [0.05, 0.1) is 6.04 Å². The minimum Gasteiger partial charge on any atom is -0.362 e. The van der Waals surface area contributed by atoms with E-state index in [0.717, 1.165) is 22.4 Å². The van der Waals surface area contributed by atoms with Crippen molar-refractivity contribution in [3.63, 3.8) is 0 Å². The highest BCUT2D eigenvalue weighted by Crippen LogP contribution is 2.23. The van der Waals surface area contributed by atoms with Gasteiger partial charge >= 0.3 is 0 Å². The van der Waals surface area contributed by atoms with Crippen LogP contribution in [0.1, 0.15) is 11.6 Å². The van der Waals surface area contributed by atoms with Crippen LogP contribution in [0, 0.1) is 0 Å². The van der Waals surface area contributed by atoms with Gasteiger partial charge in [0, 0.05) is 18.1 Å². The van der Waals surface area contributed by atoms with Crippen LogP contribution in [0.15, 0.2) is 72.9 Å². The molecule has 0 saturated carbocycles. The fourth-order valence-corrected chi connectivity index (χ4v) is 2.91. The quantitative estimate of drug-likeness (QED) is 0.600. The molecular formula is C20H18N4. The first-order valence-electron chi connectivity index (χ1n) is 8.00. The molecule has 0 amide bonds. The first-order valence-corrected chi connectivity index (χ1v) is 8.00. The Morgan fingerprint density at radius 1 is 0.875 bits per heavy atom. The highest BCUT2D eigenvalue weighted by Gasteiger charge is 2.11. The molecule has 118 valence electrons. The van der Waals surface area contributed by atoms with Crippen molar-refractivity contribution in [1.82, 2.24) is 9.97 Å². The van der Waals surface area contributed by atoms with Crippen molar-refractivity contribution < 1.29 is 0 Å². The molecule has 24 heavy (non-hydrogen) atoms. The number of pyridine rings is 2. The summed E-state index contributed by atoms with van der Waals surface area (Å²) in [5.74, 6) is 0.782. The SMILES string of the molecule is NCC(Nc1ccc2cccnc2n1)c1ccc2ccccc2c1. The number of rotatable bonds is 4. The van der Waals surface area contributed by atoms with E-state index < -0.39 is 0 Å². The number of hydrogen-bond acceptors (Lipinski definition) is 4. The molecule has 4 rings (SSSR count). The third-order valence-corrected chi connectivity index (χ3v) is 4.20. The minimum atomic E-state index is 0.00303. The van der Waals surface area contributed by atoms with Gasteiger partial charge in [0.15, 0.2) is 5.65 Å². The number of nitrogens with zero attached hydrogens (tertiary/aromatic N) is 2. The van der Waals surface area contributed by atoms with Crippen molar-refractivity contribution in [2.75, 3.05) is 11.9 Å². The van der Waals surface area contributed by atoms with E-state index in [1.807, 2.05) is 36.4 Å². The Bertz CT molecular complexity index is 997. The van der Waals surface area contributed by atoms with Crippen LogP contribution in [0.4, 0.5) is 5.82 Å². The third-order valence-electron chi connectivity index (χ3n) is 4.20. The molecule has 1 atom stereocenters. The van der Waals surface area contributed by atoms with Crippen LogP contribution in [-0.2, 0) is 0 Å². The lowest BCUT2D eigenvalue weighted by molar-refractivity contribution is 0.786. The molecule has 0 saturated heterocycles. The summed E-state index contributed by atoms with van der Waals surface area (Å²) >= 11 is 0. The summed E-state index contributed by atoms with van der Waals surface area (Å²) < 4.78 is 0. The Labute approximate surface area is 140 Å². The molecule has 0 bridgehead atoms. The Morgan fingerprint density at radius 3 is 2.54 bits per heavy atom. The van der Waals surface area contributed by atoms with Crippen LogP contribution >= 0.6 is 0 Å². The van der Waals surface area contributed by atoms with E-state index in [1.54, 1.807) is 6.20 Å². The van der Waals surface area contributed by atoms with Crippen molar-refractivity contribution in [2.45, 2.75) is 6.04 Å². The zero-order chi connectivity index (χ0) is 16.4. The van der Waals surface area contributed by atoms with Gasteiger partial charge < -0.3 is 11.1 Å². The summed E-state index contributed by atoms with van der Waals surface area (Å²) in [7, 11) is 0. The van der Waals surface area contributed by atoms with E-state index in [1.165, 1.54) is 10.8 Å². The van der Waals surface area contributed by atoms with Crippen LogP contribution in [0.2, 0.25) is 0 Å². The molecule has 0 radical (unpaired) electrons. The van der Waals surface area contributed by atoms with Crippen LogP contribution in [-0.4, -0.2) is 16.5 Å². The molecule has 2 heterocycles. The van der Waals surface area contributed by atoms with E-state index in [4.69, 9.17) is 5.73 Å². The van der Waals surface area contributed by atoms with Crippen LogP contribution in [0.5, 0.6) is 0 Å². The Kier molecular flexibility index (Phi) is 3.81. The number of anilines is 1. The van der Waals surface area contributed by atoms with Crippen molar-refractivity contribution in [1.29, 1.82) is 0 Å². The summed E-state index contributed by atoms with van der Waals surface area (Å²) in [4.78, 5) is 8.88. The zero-order valence-electron chi connectivity index (χ0n) is 13.2. The molecule has 3 N–H and O–H groups in total. The topological polar surface area (TPSA) is 63.8 Å². The van der Waals surface area contributed by atoms with E-state index >= 15 is 0 Å². The van der Waals surface area contributed by atoms with Gasteiger partial charge in [0.1, 0.15) is 5.82 Å². The molecule has 4 aromatic rings. The minimum absolute atomic E-state index is 0.00303. The summed E-state index contributed by atoms with van der Waals surface area (Å²) in [5.41, 5.74) is 7.89. The number of hydrogen-bond donors (Lipinski definition) is 2. The normalized spacial score (nSPS) is 12.4. The molecular weight excluding hydrogens is 296 g/mol. The Morgan fingerprint density at radius 2 is 1.67 bits per heavy atom. The molecule has 0 aliphatic carbocycles. The molecule has 1 unspecified atom stereocenters. The maximum absolute atomic E-state index is 6.00. The predicted octanol–water partition coefficient (Wildman–Crippen LogP) is 3.89. The molecule has 4 heteroatoms. The molecule has 2 aromatic carbocycles. The standard InChI is InChI=1S/C20H18N4/c21-13-18(17-8-7-14-4-1-2-5-16(14)12-17)23-19-10-9-15-6-3-11-22-20(15)24-19/h1-12,18H,13,21H2,(H,22,23,24). The fourth-order valence-electron chi connectivity index (χ4n) is 2.91. The molecule has 0 aliphatic rings. The number of nitrogens with one attached hydrogen (secondary N) is 1. The van der Waals surface area contributed by atoms with Crippen molar-refractivity contribution in [3.8, 4) is 0 Å². The molecule has 2 aromatic heterocycles. The smallest absolute Gasteiger partial charge is 0.161 e. The lowest BCUT2D eigenvalue weighted by atomic mass is 10.0. The van der Waals surface area contributed by atoms with E-state index in [0.29, 0.717) is 6.54 Å². The Hall–Kier alpha value is -2.98. The first kappa shape index (κ1) is 14.6. The average molecular weight is 314 g/mol. The molecule has 0 aliphatic heterocycles. The van der Waals surface area contributed by atoms with E-state index in [2.05, 4.69) is 45.6 Å². The van der Waals surface area contributed by atoms with Gasteiger partial charge in [-0.1, -0.05) is 36.4 Å². The predicted molar refractivity (Wildman–Crippen MR) is 98.9 cm³/mol. The maximum Gasteiger partial charge on any atom is 0.161 e. The molecule has 0 spiro atoms. The van der Waals surface area contributed by atoms with Gasteiger partial charge in [-0.25, -0.2) is 9.97 Å². The monoisotopic (exact) mass is 314 g/mol. The third kappa shape index (κ3) is 2.79. The zero-order valence-corrected chi connectivity index (χ0v) is 13.2. The van der Waals surface area contributed by atoms with Gasteiger partial charge in [-0.3, -0.25) is 0 Å². The van der Waals surface area contributed by atoms with Gasteiger partial charge in [-0.05, 0) is 46.7 Å². The second-order valence-electron chi connectivity index (χ2n) is 5.79. The van der Waals surface area contributed by atoms with Gasteiger partial charge in [0.25, 0.3) is 0 Å². The van der Waals surface area contributed by atoms with Crippen molar-refractivity contribution in [2.24, 2.45) is 5.73 Å². The second-order valence-corrected chi connectivity index (χ2v) is 5.79. The number of benzene rings is 2. The lowest BCUT2D eigenvalue weighted by Crippen LogP contribution is -2.21. The van der Waals surface area contributed by atoms with Crippen molar-refractivity contribution in [3.05, 3.63) is 78.5 Å². The molecule has 0 fully saturated rings. The number of fused-ring (bicyclic) bond motifs is 2. The maximum atomic E-state index is 6.00. The van der Waals surface area contributed by atoms with Gasteiger partial charge in [-0.2, -0.15) is 0 Å². The van der Waals surface area contributed by atoms with E-state index in [9.17, 15) is 0 Å². The first-order chi connectivity index (χ1) is 11.8.